The van der Waals surface area contributed by atoms with Crippen LogP contribution in [0.5, 0.6) is 5.75 Å². The highest BCUT2D eigenvalue weighted by Gasteiger charge is 2.20. The van der Waals surface area contributed by atoms with Crippen molar-refractivity contribution < 1.29 is 19.9 Å². The van der Waals surface area contributed by atoms with Crippen molar-refractivity contribution in [2.45, 2.75) is 19.5 Å². The Kier molecular flexibility index (Phi) is 3.99. The molecule has 0 aliphatic rings. The monoisotopic (exact) mass is 291 g/mol. The number of aromatic nitrogens is 1. The molecule has 1 atom stereocenters. The summed E-state index contributed by atoms with van der Waals surface area (Å²) in [6, 6.07) is 3.42. The van der Waals surface area contributed by atoms with Gasteiger partial charge in [-0.3, -0.25) is 19.9 Å². The van der Waals surface area contributed by atoms with Crippen molar-refractivity contribution in [1.29, 1.82) is 0 Å². The number of non-ortho nitro benzene ring substituents is 1. The molecule has 1 unspecified atom stereocenters. The van der Waals surface area contributed by atoms with Crippen LogP contribution < -0.4 is 5.32 Å². The van der Waals surface area contributed by atoms with Crippen LogP contribution in [-0.4, -0.2) is 32.1 Å². The molecule has 1 aromatic heterocycles. The third-order valence-electron chi connectivity index (χ3n) is 3.09. The highest BCUT2D eigenvalue weighted by atomic mass is 16.6. The fraction of sp³-hybridized carbons (Fsp3) is 0.231. The number of nitrogens with zero attached hydrogens (tertiary/aromatic N) is 2. The topological polar surface area (TPSA) is 126 Å². The van der Waals surface area contributed by atoms with Crippen LogP contribution in [0.2, 0.25) is 0 Å². The smallest absolute Gasteiger partial charge is 0.320 e. The van der Waals surface area contributed by atoms with E-state index in [1.54, 1.807) is 6.07 Å². The number of nitro groups is 1. The number of benzene rings is 1. The quantitative estimate of drug-likeness (QED) is 0.561. The summed E-state index contributed by atoms with van der Waals surface area (Å²) < 4.78 is 0. The maximum absolute atomic E-state index is 11.1. The molecular weight excluding hydrogens is 278 g/mol. The lowest BCUT2D eigenvalue weighted by Gasteiger charge is -2.11. The van der Waals surface area contributed by atoms with E-state index in [0.717, 1.165) is 0 Å². The Morgan fingerprint density at radius 3 is 2.90 bits per heavy atom. The number of aromatic hydroxyl groups is 1. The highest BCUT2D eigenvalue weighted by Crippen LogP contribution is 2.34. The number of phenols is 1. The minimum absolute atomic E-state index is 0.0212. The molecule has 0 bridgehead atoms. The lowest BCUT2D eigenvalue weighted by molar-refractivity contribution is -0.383. The molecule has 8 heteroatoms. The molecule has 0 aliphatic heterocycles. The van der Waals surface area contributed by atoms with Crippen LogP contribution in [0, 0.1) is 10.1 Å². The first-order chi connectivity index (χ1) is 9.91. The van der Waals surface area contributed by atoms with Crippen molar-refractivity contribution in [3.8, 4) is 5.75 Å². The number of fused-ring (bicyclic) bond motifs is 1. The Balaban J connectivity index is 2.47. The molecule has 0 spiro atoms. The Hall–Kier alpha value is -2.74. The number of carbonyl (C=O) groups is 1. The Bertz CT molecular complexity index is 716. The first-order valence-electron chi connectivity index (χ1n) is 6.12. The van der Waals surface area contributed by atoms with Crippen LogP contribution in [0.25, 0.3) is 10.9 Å². The Morgan fingerprint density at radius 1 is 1.57 bits per heavy atom. The molecule has 0 fully saturated rings. The highest BCUT2D eigenvalue weighted by molar-refractivity contribution is 5.93. The van der Waals surface area contributed by atoms with E-state index < -0.39 is 16.9 Å². The van der Waals surface area contributed by atoms with E-state index >= 15 is 0 Å². The van der Waals surface area contributed by atoms with Crippen molar-refractivity contribution in [2.75, 3.05) is 0 Å². The van der Waals surface area contributed by atoms with Crippen molar-refractivity contribution in [3.05, 3.63) is 40.1 Å². The van der Waals surface area contributed by atoms with Crippen LogP contribution in [0.15, 0.2) is 24.4 Å². The molecule has 2 rings (SSSR count). The van der Waals surface area contributed by atoms with E-state index in [1.165, 1.54) is 25.3 Å². The first kappa shape index (κ1) is 14.7. The molecule has 0 saturated heterocycles. The molecular formula is C13H13N3O5. The third-order valence-corrected chi connectivity index (χ3v) is 3.09. The number of nitrogens with one attached hydrogen (secondary N) is 1. The number of carboxylic acid groups (broad SMARTS) is 1. The van der Waals surface area contributed by atoms with Gasteiger partial charge in [-0.15, -0.1) is 0 Å². The molecule has 0 radical (unpaired) electrons. The molecule has 0 amide bonds. The van der Waals surface area contributed by atoms with Gasteiger partial charge in [-0.2, -0.15) is 0 Å². The van der Waals surface area contributed by atoms with Gasteiger partial charge in [0.2, 0.25) is 0 Å². The van der Waals surface area contributed by atoms with Crippen molar-refractivity contribution >= 4 is 22.6 Å². The second kappa shape index (κ2) is 5.71. The summed E-state index contributed by atoms with van der Waals surface area (Å²) >= 11 is 0. The normalized spacial score (nSPS) is 12.2. The van der Waals surface area contributed by atoms with E-state index in [4.69, 9.17) is 5.11 Å². The van der Waals surface area contributed by atoms with Gasteiger partial charge in [0.25, 0.3) is 5.69 Å². The summed E-state index contributed by atoms with van der Waals surface area (Å²) in [5, 5.41) is 32.9. The molecule has 1 aromatic carbocycles. The minimum Gasteiger partial charge on any atom is -0.505 e. The molecule has 1 heterocycles. The minimum atomic E-state index is -1.05. The fourth-order valence-electron chi connectivity index (χ4n) is 1.90. The van der Waals surface area contributed by atoms with E-state index in [1.807, 2.05) is 0 Å². The van der Waals surface area contributed by atoms with Gasteiger partial charge in [0.15, 0.2) is 0 Å². The Morgan fingerprint density at radius 2 is 2.29 bits per heavy atom. The number of nitro benzene ring substituents is 1. The maximum Gasteiger partial charge on any atom is 0.320 e. The van der Waals surface area contributed by atoms with E-state index in [2.05, 4.69) is 10.3 Å². The van der Waals surface area contributed by atoms with Crippen LogP contribution in [0.4, 0.5) is 5.69 Å². The average molecular weight is 291 g/mol. The summed E-state index contributed by atoms with van der Waals surface area (Å²) in [7, 11) is 0. The largest absolute Gasteiger partial charge is 0.505 e. The molecule has 8 nitrogen and oxygen atoms in total. The average Bonchev–Trinajstić information content (AvgIpc) is 2.46. The van der Waals surface area contributed by atoms with Gasteiger partial charge >= 0.3 is 5.97 Å². The van der Waals surface area contributed by atoms with Gasteiger partial charge in [-0.25, -0.2) is 0 Å². The number of hydrogen-bond acceptors (Lipinski definition) is 6. The lowest BCUT2D eigenvalue weighted by atomic mass is 10.1. The number of aliphatic carboxylic acids is 1. The van der Waals surface area contributed by atoms with Crippen LogP contribution >= 0.6 is 0 Å². The molecule has 0 saturated carbocycles. The second-order valence-electron chi connectivity index (χ2n) is 4.50. The predicted molar refractivity (Wildman–Crippen MR) is 74.0 cm³/mol. The summed E-state index contributed by atoms with van der Waals surface area (Å²) in [6.07, 6.45) is 1.42. The van der Waals surface area contributed by atoms with Crippen molar-refractivity contribution in [2.24, 2.45) is 0 Å². The maximum atomic E-state index is 11.1. The summed E-state index contributed by atoms with van der Waals surface area (Å²) in [4.78, 5) is 25.2. The third kappa shape index (κ3) is 2.90. The SMILES string of the molecule is CC(NCc1cc([N+](=O)[O-])c2cccnc2c1O)C(=O)O. The van der Waals surface area contributed by atoms with Gasteiger partial charge < -0.3 is 15.5 Å². The first-order valence-corrected chi connectivity index (χ1v) is 6.12. The van der Waals surface area contributed by atoms with Crippen LogP contribution in [-0.2, 0) is 11.3 Å². The zero-order valence-electron chi connectivity index (χ0n) is 11.1. The standard InChI is InChI=1S/C13H13N3O5/c1-7(13(18)19)15-6-8-5-10(16(20)21)9-3-2-4-14-11(9)12(8)17/h2-5,7,15,17H,6H2,1H3,(H,18,19). The molecule has 21 heavy (non-hydrogen) atoms. The van der Waals surface area contributed by atoms with Crippen molar-refractivity contribution in [1.82, 2.24) is 10.3 Å². The van der Waals surface area contributed by atoms with E-state index in [-0.39, 0.29) is 34.4 Å². The van der Waals surface area contributed by atoms with Crippen molar-refractivity contribution in [3.63, 3.8) is 0 Å². The van der Waals surface area contributed by atoms with E-state index in [9.17, 15) is 20.0 Å². The summed E-state index contributed by atoms with van der Waals surface area (Å²) in [6.45, 7) is 1.42. The molecule has 2 aromatic rings. The predicted octanol–water partition coefficient (Wildman–Crippen LogP) is 1.41. The van der Waals surface area contributed by atoms with Gasteiger partial charge in [-0.1, -0.05) is 0 Å². The number of phenolic OH excluding ortho intramolecular Hbond substituents is 1. The van der Waals surface area contributed by atoms with Gasteiger partial charge in [0.1, 0.15) is 17.3 Å². The van der Waals surface area contributed by atoms with Crippen LogP contribution in [0.1, 0.15) is 12.5 Å². The van der Waals surface area contributed by atoms with Gasteiger partial charge in [-0.05, 0) is 19.1 Å². The van der Waals surface area contributed by atoms with Gasteiger partial charge in [0, 0.05) is 24.4 Å². The second-order valence-corrected chi connectivity index (χ2v) is 4.50. The summed E-state index contributed by atoms with van der Waals surface area (Å²) in [5.41, 5.74) is 0.156. The van der Waals surface area contributed by atoms with Gasteiger partial charge in [0.05, 0.1) is 10.3 Å². The zero-order chi connectivity index (χ0) is 15.6. The van der Waals surface area contributed by atoms with Crippen LogP contribution in [0.3, 0.4) is 0 Å². The number of carboxylic acids is 1. The molecule has 3 N–H and O–H groups in total. The van der Waals surface area contributed by atoms with E-state index in [0.29, 0.717) is 0 Å². The summed E-state index contributed by atoms with van der Waals surface area (Å²) in [5.74, 6) is -1.25. The lowest BCUT2D eigenvalue weighted by Crippen LogP contribution is -2.33. The molecule has 110 valence electrons. The fourth-order valence-corrected chi connectivity index (χ4v) is 1.90. The Labute approximate surface area is 119 Å². The number of pyridine rings is 1. The molecule has 0 aliphatic carbocycles. The number of rotatable bonds is 5. The number of hydrogen-bond donors (Lipinski definition) is 3. The zero-order valence-corrected chi connectivity index (χ0v) is 11.1.